The van der Waals surface area contributed by atoms with Crippen molar-refractivity contribution in [3.8, 4) is 11.1 Å². The number of benzene rings is 3. The average molecular weight is 498 g/mol. The number of halogens is 1. The van der Waals surface area contributed by atoms with Gasteiger partial charge in [0.05, 0.1) is 23.7 Å². The van der Waals surface area contributed by atoms with Crippen LogP contribution >= 0.6 is 11.6 Å². The van der Waals surface area contributed by atoms with Crippen molar-refractivity contribution in [2.75, 3.05) is 0 Å². The van der Waals surface area contributed by atoms with Gasteiger partial charge in [0.2, 0.25) is 5.91 Å². The van der Waals surface area contributed by atoms with Crippen LogP contribution in [0.15, 0.2) is 84.0 Å². The second kappa shape index (κ2) is 9.91. The van der Waals surface area contributed by atoms with E-state index in [2.05, 4.69) is 0 Å². The van der Waals surface area contributed by atoms with Crippen LogP contribution in [-0.2, 0) is 9.59 Å². The fourth-order valence-corrected chi connectivity index (χ4v) is 4.94. The van der Waals surface area contributed by atoms with Gasteiger partial charge in [-0.05, 0) is 36.2 Å². The topological polar surface area (TPSA) is 82.9 Å². The van der Waals surface area contributed by atoms with Crippen molar-refractivity contribution in [1.29, 1.82) is 0 Å². The summed E-state index contributed by atoms with van der Waals surface area (Å²) in [6.45, 7) is 1.95. The minimum Gasteiger partial charge on any atom is -0.481 e. The fraction of sp³-hybridized carbons (Fsp3) is 0.172. The first kappa shape index (κ1) is 23.7. The molecule has 7 heteroatoms. The van der Waals surface area contributed by atoms with Gasteiger partial charge in [-0.3, -0.25) is 14.6 Å². The number of nitrogens with zero attached hydrogens (tertiary/aromatic N) is 3. The Labute approximate surface area is 213 Å². The highest BCUT2D eigenvalue weighted by Gasteiger charge is 2.35. The molecule has 1 aromatic heterocycles. The molecule has 1 aliphatic rings. The first-order valence-electron chi connectivity index (χ1n) is 11.7. The van der Waals surface area contributed by atoms with E-state index in [4.69, 9.17) is 26.8 Å². The Morgan fingerprint density at radius 1 is 0.972 bits per heavy atom. The third-order valence-corrected chi connectivity index (χ3v) is 6.62. The Bertz CT molecular complexity index is 1490. The number of hydrazone groups is 1. The lowest BCUT2D eigenvalue weighted by Crippen LogP contribution is -2.27. The number of hydrogen-bond donors (Lipinski definition) is 1. The number of carbonyl (C=O) groups is 2. The molecule has 5 rings (SSSR count). The van der Waals surface area contributed by atoms with E-state index in [1.54, 1.807) is 0 Å². The lowest BCUT2D eigenvalue weighted by atomic mass is 9.89. The summed E-state index contributed by atoms with van der Waals surface area (Å²) in [5.41, 5.74) is 6.13. The van der Waals surface area contributed by atoms with E-state index in [-0.39, 0.29) is 24.8 Å². The highest BCUT2D eigenvalue weighted by molar-refractivity contribution is 6.31. The van der Waals surface area contributed by atoms with Gasteiger partial charge in [-0.15, -0.1) is 0 Å². The van der Waals surface area contributed by atoms with Crippen molar-refractivity contribution in [2.24, 2.45) is 5.10 Å². The SMILES string of the molecule is Cc1nc2ccc(Cl)cc2c(-c2ccccc2)c1C1=NN(C(=O)CCC(=O)O)[C@H](c2ccccc2)C1. The largest absolute Gasteiger partial charge is 0.481 e. The summed E-state index contributed by atoms with van der Waals surface area (Å²) < 4.78 is 0. The summed E-state index contributed by atoms with van der Waals surface area (Å²) in [5, 5.41) is 16.9. The maximum atomic E-state index is 13.1. The molecule has 4 aromatic rings. The number of carboxylic acids is 1. The van der Waals surface area contributed by atoms with Crippen LogP contribution in [0.1, 0.15) is 42.1 Å². The zero-order valence-corrected chi connectivity index (χ0v) is 20.4. The van der Waals surface area contributed by atoms with Gasteiger partial charge in [0.15, 0.2) is 0 Å². The summed E-state index contributed by atoms with van der Waals surface area (Å²) in [5.74, 6) is -1.34. The molecule has 36 heavy (non-hydrogen) atoms. The molecule has 0 spiro atoms. The van der Waals surface area contributed by atoms with Crippen LogP contribution in [0, 0.1) is 6.92 Å². The van der Waals surface area contributed by atoms with Crippen molar-refractivity contribution in [3.05, 3.63) is 101 Å². The second-order valence-corrected chi connectivity index (χ2v) is 9.22. The summed E-state index contributed by atoms with van der Waals surface area (Å²) in [7, 11) is 0. The van der Waals surface area contributed by atoms with Gasteiger partial charge in [0, 0.05) is 40.1 Å². The van der Waals surface area contributed by atoms with Gasteiger partial charge >= 0.3 is 5.97 Å². The molecule has 1 atom stereocenters. The minimum absolute atomic E-state index is 0.119. The number of rotatable bonds is 6. The van der Waals surface area contributed by atoms with E-state index in [0.29, 0.717) is 11.4 Å². The van der Waals surface area contributed by atoms with Crippen LogP contribution in [-0.4, -0.2) is 32.7 Å². The van der Waals surface area contributed by atoms with E-state index in [1.165, 1.54) is 5.01 Å². The molecule has 3 aromatic carbocycles. The maximum Gasteiger partial charge on any atom is 0.303 e. The Morgan fingerprint density at radius 3 is 2.36 bits per heavy atom. The van der Waals surface area contributed by atoms with E-state index in [9.17, 15) is 9.59 Å². The Hall–Kier alpha value is -4.03. The van der Waals surface area contributed by atoms with Gasteiger partial charge in [-0.25, -0.2) is 5.01 Å². The molecule has 180 valence electrons. The molecule has 1 amide bonds. The van der Waals surface area contributed by atoms with E-state index in [0.717, 1.165) is 44.6 Å². The molecule has 0 unspecified atom stereocenters. The number of carbonyl (C=O) groups excluding carboxylic acids is 1. The Balaban J connectivity index is 1.69. The van der Waals surface area contributed by atoms with E-state index in [1.807, 2.05) is 85.8 Å². The Kier molecular flexibility index (Phi) is 6.53. The summed E-state index contributed by atoms with van der Waals surface area (Å²) in [6.07, 6.45) is 0.120. The molecule has 0 saturated carbocycles. The van der Waals surface area contributed by atoms with E-state index >= 15 is 0 Å². The zero-order chi connectivity index (χ0) is 25.2. The lowest BCUT2D eigenvalue weighted by molar-refractivity contribution is -0.141. The number of carboxylic acid groups (broad SMARTS) is 1. The van der Waals surface area contributed by atoms with Gasteiger partial charge < -0.3 is 5.11 Å². The highest BCUT2D eigenvalue weighted by atomic mass is 35.5. The first-order chi connectivity index (χ1) is 17.4. The van der Waals surface area contributed by atoms with Gasteiger partial charge in [0.25, 0.3) is 0 Å². The zero-order valence-electron chi connectivity index (χ0n) is 19.7. The van der Waals surface area contributed by atoms with Gasteiger partial charge in [-0.1, -0.05) is 72.3 Å². The molecule has 0 radical (unpaired) electrons. The van der Waals surface area contributed by atoms with Gasteiger partial charge in [0.1, 0.15) is 0 Å². The second-order valence-electron chi connectivity index (χ2n) is 8.78. The van der Waals surface area contributed by atoms with Crippen LogP contribution in [0.4, 0.5) is 0 Å². The number of aryl methyl sites for hydroxylation is 1. The molecule has 0 bridgehead atoms. The first-order valence-corrected chi connectivity index (χ1v) is 12.1. The minimum atomic E-state index is -1.01. The quantitative estimate of drug-likeness (QED) is 0.334. The molecule has 0 saturated heterocycles. The third kappa shape index (κ3) is 4.60. The van der Waals surface area contributed by atoms with Crippen LogP contribution < -0.4 is 0 Å². The average Bonchev–Trinajstić information content (AvgIpc) is 3.33. The molecule has 2 heterocycles. The van der Waals surface area contributed by atoms with Crippen molar-refractivity contribution in [3.63, 3.8) is 0 Å². The van der Waals surface area contributed by atoms with Crippen molar-refractivity contribution in [1.82, 2.24) is 9.99 Å². The summed E-state index contributed by atoms with van der Waals surface area (Å²) >= 11 is 6.40. The predicted molar refractivity (Wildman–Crippen MR) is 141 cm³/mol. The van der Waals surface area contributed by atoms with Crippen molar-refractivity contribution < 1.29 is 14.7 Å². The normalized spacial score (nSPS) is 15.2. The number of aliphatic carboxylic acids is 1. The van der Waals surface area contributed by atoms with Crippen LogP contribution in [0.3, 0.4) is 0 Å². The number of fused-ring (bicyclic) bond motifs is 1. The number of amides is 1. The van der Waals surface area contributed by atoms with Crippen LogP contribution in [0.25, 0.3) is 22.0 Å². The third-order valence-electron chi connectivity index (χ3n) is 6.38. The lowest BCUT2D eigenvalue weighted by Gasteiger charge is -2.21. The fourth-order valence-electron chi connectivity index (χ4n) is 4.77. The molecule has 0 aliphatic carbocycles. The molecular weight excluding hydrogens is 474 g/mol. The molecule has 1 N–H and O–H groups in total. The standard InChI is InChI=1S/C29H24ClN3O3/c1-18-28(29(20-10-6-3-7-11-20)22-16-21(30)12-13-23(22)31-18)24-17-25(19-8-4-2-5-9-19)33(32-24)26(34)14-15-27(35)36/h2-13,16,25H,14-15,17H2,1H3,(H,35,36)/t25-/m0/s1. The van der Waals surface area contributed by atoms with E-state index < -0.39 is 5.97 Å². The number of pyridine rings is 1. The van der Waals surface area contributed by atoms with Crippen LogP contribution in [0.2, 0.25) is 5.02 Å². The van der Waals surface area contributed by atoms with Crippen LogP contribution in [0.5, 0.6) is 0 Å². The molecule has 6 nitrogen and oxygen atoms in total. The van der Waals surface area contributed by atoms with Crippen molar-refractivity contribution in [2.45, 2.75) is 32.2 Å². The smallest absolute Gasteiger partial charge is 0.303 e. The van der Waals surface area contributed by atoms with Crippen molar-refractivity contribution >= 4 is 40.1 Å². The molecular formula is C29H24ClN3O3. The number of hydrogen-bond acceptors (Lipinski definition) is 4. The molecule has 0 fully saturated rings. The monoisotopic (exact) mass is 497 g/mol. The van der Waals surface area contributed by atoms with Gasteiger partial charge in [-0.2, -0.15) is 5.10 Å². The Morgan fingerprint density at radius 2 is 1.67 bits per heavy atom. The highest BCUT2D eigenvalue weighted by Crippen LogP contribution is 2.40. The maximum absolute atomic E-state index is 13.1. The predicted octanol–water partition coefficient (Wildman–Crippen LogP) is 6.41. The molecule has 1 aliphatic heterocycles. The summed E-state index contributed by atoms with van der Waals surface area (Å²) in [6, 6.07) is 25.0. The summed E-state index contributed by atoms with van der Waals surface area (Å²) in [4.78, 5) is 29.1. The number of aromatic nitrogens is 1.